The normalized spacial score (nSPS) is 10.5. The van der Waals surface area contributed by atoms with Gasteiger partial charge in [-0.15, -0.1) is 0 Å². The molecule has 2 N–H and O–H groups in total. The monoisotopic (exact) mass is 324 g/mol. The number of aromatic nitrogens is 1. The molecule has 3 rings (SSSR count). The van der Waals surface area contributed by atoms with E-state index >= 15 is 0 Å². The number of rotatable bonds is 4. The van der Waals surface area contributed by atoms with Crippen LogP contribution in [0.1, 0.15) is 11.1 Å². The van der Waals surface area contributed by atoms with Gasteiger partial charge in [0.25, 0.3) is 0 Å². The minimum absolute atomic E-state index is 0.591. The highest BCUT2D eigenvalue weighted by Crippen LogP contribution is 2.31. The summed E-state index contributed by atoms with van der Waals surface area (Å²) in [6.07, 6.45) is 2.62. The Balaban J connectivity index is 1.97. The summed E-state index contributed by atoms with van der Waals surface area (Å²) in [5.74, 6) is 0.591. The van der Waals surface area contributed by atoms with Crippen molar-refractivity contribution < 1.29 is 4.74 Å². The second-order valence-corrected chi connectivity index (χ2v) is 5.77. The number of nitrogens with zero attached hydrogens (tertiary/aromatic N) is 1. The summed E-state index contributed by atoms with van der Waals surface area (Å²) in [4.78, 5) is 4.43. The number of methoxy groups -OCH3 is 1. The molecule has 0 unspecified atom stereocenters. The van der Waals surface area contributed by atoms with Crippen molar-refractivity contribution in [2.45, 2.75) is 6.42 Å². The van der Waals surface area contributed by atoms with Gasteiger partial charge in [-0.05, 0) is 53.4 Å². The second kappa shape index (κ2) is 6.71. The Hall–Kier alpha value is -2.52. The predicted octanol–water partition coefficient (Wildman–Crippen LogP) is 4.58. The maximum absolute atomic E-state index is 6.10. The lowest BCUT2D eigenvalue weighted by molar-refractivity contribution is 0.399. The zero-order valence-electron chi connectivity index (χ0n) is 12.8. The number of hydrogen-bond acceptors (Lipinski definition) is 3. The van der Waals surface area contributed by atoms with E-state index in [9.17, 15) is 0 Å². The molecule has 1 heterocycles. The van der Waals surface area contributed by atoms with Crippen LogP contribution < -0.4 is 10.5 Å². The standard InChI is InChI=1S/C19H17ClN2O/c1-23-19-18(15-3-2-4-16(20)11-15)10-14(12-22-19)9-13-5-7-17(21)8-6-13/h2-8,10-12H,9,21H2,1H3. The second-order valence-electron chi connectivity index (χ2n) is 5.33. The number of pyridine rings is 1. The molecule has 0 amide bonds. The van der Waals surface area contributed by atoms with Crippen LogP contribution in [0.25, 0.3) is 11.1 Å². The summed E-state index contributed by atoms with van der Waals surface area (Å²) in [7, 11) is 1.62. The molecule has 0 fully saturated rings. The lowest BCUT2D eigenvalue weighted by Gasteiger charge is -2.10. The minimum atomic E-state index is 0.591. The van der Waals surface area contributed by atoms with Crippen LogP contribution in [0.2, 0.25) is 5.02 Å². The highest BCUT2D eigenvalue weighted by atomic mass is 35.5. The van der Waals surface area contributed by atoms with E-state index in [1.54, 1.807) is 7.11 Å². The average Bonchev–Trinajstić information content (AvgIpc) is 2.57. The number of halogens is 1. The van der Waals surface area contributed by atoms with E-state index in [1.165, 1.54) is 5.56 Å². The van der Waals surface area contributed by atoms with Crippen LogP contribution in [0.5, 0.6) is 5.88 Å². The smallest absolute Gasteiger partial charge is 0.221 e. The molecule has 0 saturated heterocycles. The van der Waals surface area contributed by atoms with E-state index in [-0.39, 0.29) is 0 Å². The molecular weight excluding hydrogens is 308 g/mol. The van der Waals surface area contributed by atoms with Gasteiger partial charge in [0.05, 0.1) is 7.11 Å². The molecule has 1 aromatic heterocycles. The van der Waals surface area contributed by atoms with Crippen LogP contribution in [-0.4, -0.2) is 12.1 Å². The van der Waals surface area contributed by atoms with Crippen molar-refractivity contribution in [3.8, 4) is 17.0 Å². The van der Waals surface area contributed by atoms with Crippen molar-refractivity contribution >= 4 is 17.3 Å². The summed E-state index contributed by atoms with van der Waals surface area (Å²) in [6.45, 7) is 0. The largest absolute Gasteiger partial charge is 0.481 e. The van der Waals surface area contributed by atoms with Crippen LogP contribution >= 0.6 is 11.6 Å². The van der Waals surface area contributed by atoms with Gasteiger partial charge >= 0.3 is 0 Å². The predicted molar refractivity (Wildman–Crippen MR) is 94.9 cm³/mol. The first-order valence-corrected chi connectivity index (χ1v) is 7.67. The Labute approximate surface area is 140 Å². The van der Waals surface area contributed by atoms with Crippen LogP contribution in [0.3, 0.4) is 0 Å². The number of ether oxygens (including phenoxy) is 1. The quantitative estimate of drug-likeness (QED) is 0.714. The van der Waals surface area contributed by atoms with Gasteiger partial charge in [0.1, 0.15) is 0 Å². The molecule has 116 valence electrons. The van der Waals surface area contributed by atoms with E-state index in [0.29, 0.717) is 10.9 Å². The highest BCUT2D eigenvalue weighted by Gasteiger charge is 2.09. The molecule has 0 spiro atoms. The van der Waals surface area contributed by atoms with Gasteiger partial charge in [0.15, 0.2) is 0 Å². The molecule has 0 saturated carbocycles. The Morgan fingerprint density at radius 1 is 1.04 bits per heavy atom. The van der Waals surface area contributed by atoms with Crippen LogP contribution in [0, 0.1) is 0 Å². The summed E-state index contributed by atoms with van der Waals surface area (Å²) < 4.78 is 5.39. The Morgan fingerprint density at radius 3 is 2.52 bits per heavy atom. The molecule has 3 aromatic rings. The van der Waals surface area contributed by atoms with Crippen LogP contribution in [0.4, 0.5) is 5.69 Å². The molecular formula is C19H17ClN2O. The number of nitrogens with two attached hydrogens (primary N) is 1. The third-order valence-corrected chi connectivity index (χ3v) is 3.86. The molecule has 2 aromatic carbocycles. The van der Waals surface area contributed by atoms with Gasteiger partial charge in [-0.3, -0.25) is 0 Å². The van der Waals surface area contributed by atoms with Gasteiger partial charge in [0.2, 0.25) is 5.88 Å². The number of nitrogen functional groups attached to an aromatic ring is 1. The molecule has 0 radical (unpaired) electrons. The highest BCUT2D eigenvalue weighted by molar-refractivity contribution is 6.30. The third-order valence-electron chi connectivity index (χ3n) is 3.62. The fraction of sp³-hybridized carbons (Fsp3) is 0.105. The van der Waals surface area contributed by atoms with E-state index in [1.807, 2.05) is 54.7 Å². The zero-order valence-corrected chi connectivity index (χ0v) is 13.5. The van der Waals surface area contributed by atoms with Crippen molar-refractivity contribution in [1.29, 1.82) is 0 Å². The zero-order chi connectivity index (χ0) is 16.2. The number of hydrogen-bond donors (Lipinski definition) is 1. The van der Waals surface area contributed by atoms with Crippen molar-refractivity contribution in [3.63, 3.8) is 0 Å². The number of benzene rings is 2. The van der Waals surface area contributed by atoms with E-state index < -0.39 is 0 Å². The Kier molecular flexibility index (Phi) is 4.49. The maximum atomic E-state index is 6.10. The summed E-state index contributed by atoms with van der Waals surface area (Å²) in [5, 5.41) is 0.688. The Bertz CT molecular complexity index is 816. The molecule has 3 nitrogen and oxygen atoms in total. The van der Waals surface area contributed by atoms with Crippen molar-refractivity contribution in [1.82, 2.24) is 4.98 Å². The molecule has 0 atom stereocenters. The molecule has 0 aliphatic heterocycles. The van der Waals surface area contributed by atoms with Crippen molar-refractivity contribution in [3.05, 3.63) is 76.9 Å². The van der Waals surface area contributed by atoms with Gasteiger partial charge in [0, 0.05) is 22.5 Å². The minimum Gasteiger partial charge on any atom is -0.481 e. The lowest BCUT2D eigenvalue weighted by atomic mass is 10.0. The molecule has 23 heavy (non-hydrogen) atoms. The first kappa shape index (κ1) is 15.4. The molecule has 4 heteroatoms. The molecule has 0 aliphatic carbocycles. The summed E-state index contributed by atoms with van der Waals surface area (Å²) >= 11 is 6.10. The van der Waals surface area contributed by atoms with E-state index in [4.69, 9.17) is 22.1 Å². The van der Waals surface area contributed by atoms with E-state index in [2.05, 4.69) is 11.1 Å². The third kappa shape index (κ3) is 3.63. The SMILES string of the molecule is COc1ncc(Cc2ccc(N)cc2)cc1-c1cccc(Cl)c1. The maximum Gasteiger partial charge on any atom is 0.221 e. The number of anilines is 1. The topological polar surface area (TPSA) is 48.1 Å². The average molecular weight is 325 g/mol. The first-order chi connectivity index (χ1) is 11.2. The summed E-state index contributed by atoms with van der Waals surface area (Å²) in [6, 6.07) is 17.6. The fourth-order valence-electron chi connectivity index (χ4n) is 2.49. The van der Waals surface area contributed by atoms with Crippen LogP contribution in [-0.2, 0) is 6.42 Å². The van der Waals surface area contributed by atoms with E-state index in [0.717, 1.165) is 28.8 Å². The fourth-order valence-corrected chi connectivity index (χ4v) is 2.68. The van der Waals surface area contributed by atoms with Gasteiger partial charge in [-0.1, -0.05) is 35.9 Å². The lowest BCUT2D eigenvalue weighted by Crippen LogP contribution is -1.96. The molecule has 0 aliphatic rings. The summed E-state index contributed by atoms with van der Waals surface area (Å²) in [5.41, 5.74) is 10.7. The van der Waals surface area contributed by atoms with Gasteiger partial charge < -0.3 is 10.5 Å². The van der Waals surface area contributed by atoms with Gasteiger partial charge in [-0.2, -0.15) is 0 Å². The molecule has 0 bridgehead atoms. The van der Waals surface area contributed by atoms with Crippen LogP contribution in [0.15, 0.2) is 60.8 Å². The Morgan fingerprint density at radius 2 is 1.83 bits per heavy atom. The van der Waals surface area contributed by atoms with Gasteiger partial charge in [-0.25, -0.2) is 4.98 Å². The van der Waals surface area contributed by atoms with Crippen molar-refractivity contribution in [2.75, 3.05) is 12.8 Å². The van der Waals surface area contributed by atoms with Crippen molar-refractivity contribution in [2.24, 2.45) is 0 Å². The first-order valence-electron chi connectivity index (χ1n) is 7.29.